The fraction of sp³-hybridized carbons (Fsp3) is 0.190. The fourth-order valence-electron chi connectivity index (χ4n) is 3.66. The van der Waals surface area contributed by atoms with Gasteiger partial charge in [0.2, 0.25) is 0 Å². The predicted molar refractivity (Wildman–Crippen MR) is 117 cm³/mol. The first-order valence-corrected chi connectivity index (χ1v) is 11.3. The summed E-state index contributed by atoms with van der Waals surface area (Å²) < 4.78 is 31.0. The summed E-state index contributed by atoms with van der Waals surface area (Å²) in [6.07, 6.45) is 3.62. The number of anilines is 1. The van der Waals surface area contributed by atoms with Gasteiger partial charge in [0.1, 0.15) is 0 Å². The van der Waals surface area contributed by atoms with Crippen molar-refractivity contribution in [2.45, 2.75) is 25.3 Å². The molecule has 0 atom stereocenters. The van der Waals surface area contributed by atoms with Crippen LogP contribution in [0.3, 0.4) is 0 Å². The first kappa shape index (κ1) is 19.0. The van der Waals surface area contributed by atoms with E-state index in [1.54, 1.807) is 30.5 Å². The van der Waals surface area contributed by atoms with Crippen molar-refractivity contribution in [3.05, 3.63) is 65.4 Å². The molecule has 0 N–H and O–H groups in total. The number of aryl methyl sites for hydroxylation is 1. The first-order chi connectivity index (χ1) is 13.5. The average Bonchev–Trinajstić information content (AvgIpc) is 3.02. The van der Waals surface area contributed by atoms with Crippen molar-refractivity contribution in [2.24, 2.45) is 0 Å². The van der Waals surface area contributed by atoms with E-state index in [0.29, 0.717) is 12.2 Å². The molecular formula is C21H20BrN3O2S. The molecule has 5 nitrogen and oxygen atoms in total. The fourth-order valence-corrected chi connectivity index (χ4v) is 5.39. The van der Waals surface area contributed by atoms with Gasteiger partial charge in [-0.15, -0.1) is 0 Å². The number of aromatic nitrogens is 2. The number of rotatable bonds is 5. The third-order valence-corrected chi connectivity index (χ3v) is 7.39. The molecule has 0 saturated carbocycles. The van der Waals surface area contributed by atoms with E-state index in [9.17, 15) is 8.42 Å². The van der Waals surface area contributed by atoms with Crippen LogP contribution in [0.1, 0.15) is 13.8 Å². The lowest BCUT2D eigenvalue weighted by Crippen LogP contribution is -2.30. The van der Waals surface area contributed by atoms with Gasteiger partial charge in [-0.2, -0.15) is 0 Å². The summed E-state index contributed by atoms with van der Waals surface area (Å²) in [5.41, 5.74) is 2.83. The quantitative estimate of drug-likeness (QED) is 0.414. The summed E-state index contributed by atoms with van der Waals surface area (Å²) in [6, 6.07) is 14.5. The second kappa shape index (κ2) is 7.22. The molecule has 28 heavy (non-hydrogen) atoms. The van der Waals surface area contributed by atoms with Crippen LogP contribution in [0.4, 0.5) is 5.69 Å². The van der Waals surface area contributed by atoms with Crippen LogP contribution >= 0.6 is 15.9 Å². The van der Waals surface area contributed by atoms with E-state index in [-0.39, 0.29) is 4.90 Å². The van der Waals surface area contributed by atoms with Crippen LogP contribution < -0.4 is 4.31 Å². The van der Waals surface area contributed by atoms with Gasteiger partial charge < -0.3 is 4.57 Å². The summed E-state index contributed by atoms with van der Waals surface area (Å²) in [6.45, 7) is 5.12. The minimum absolute atomic E-state index is 0.273. The highest BCUT2D eigenvalue weighted by molar-refractivity contribution is 9.10. The summed E-state index contributed by atoms with van der Waals surface area (Å²) in [4.78, 5) is 4.53. The van der Waals surface area contributed by atoms with Crippen LogP contribution in [-0.4, -0.2) is 24.5 Å². The number of hydrogen-bond donors (Lipinski definition) is 0. The Labute approximate surface area is 172 Å². The molecule has 4 aromatic rings. The highest BCUT2D eigenvalue weighted by atomic mass is 79.9. The molecule has 0 saturated heterocycles. The number of nitrogens with zero attached hydrogens (tertiary/aromatic N) is 3. The van der Waals surface area contributed by atoms with Gasteiger partial charge in [0, 0.05) is 46.2 Å². The standard InChI is InChI=1S/C21H20BrN3O2S/c1-3-24-20-10-7-16(13-18(20)19-14-23-12-11-21(19)24)25(4-2)28(26,27)17-8-5-15(22)6-9-17/h5-14H,3-4H2,1-2H3. The third kappa shape index (κ3) is 2.99. The maximum Gasteiger partial charge on any atom is 0.264 e. The van der Waals surface area contributed by atoms with E-state index < -0.39 is 10.0 Å². The van der Waals surface area contributed by atoms with Crippen LogP contribution in [0.25, 0.3) is 21.8 Å². The Morgan fingerprint density at radius 2 is 1.71 bits per heavy atom. The van der Waals surface area contributed by atoms with E-state index in [2.05, 4.69) is 32.4 Å². The zero-order valence-electron chi connectivity index (χ0n) is 15.6. The Morgan fingerprint density at radius 3 is 2.39 bits per heavy atom. The van der Waals surface area contributed by atoms with Crippen molar-refractivity contribution in [1.29, 1.82) is 0 Å². The van der Waals surface area contributed by atoms with E-state index in [0.717, 1.165) is 32.8 Å². The van der Waals surface area contributed by atoms with E-state index in [1.807, 2.05) is 37.4 Å². The lowest BCUT2D eigenvalue weighted by Gasteiger charge is -2.23. The molecule has 2 aromatic heterocycles. The normalized spacial score (nSPS) is 12.0. The monoisotopic (exact) mass is 457 g/mol. The Kier molecular flexibility index (Phi) is 4.89. The Bertz CT molecular complexity index is 1260. The molecule has 2 heterocycles. The first-order valence-electron chi connectivity index (χ1n) is 9.11. The molecule has 0 radical (unpaired) electrons. The maximum atomic E-state index is 13.2. The molecule has 144 valence electrons. The van der Waals surface area contributed by atoms with Gasteiger partial charge in [0.05, 0.1) is 16.1 Å². The second-order valence-corrected chi connectivity index (χ2v) is 9.24. The molecule has 0 aliphatic carbocycles. The largest absolute Gasteiger partial charge is 0.341 e. The Hall–Kier alpha value is -2.38. The van der Waals surface area contributed by atoms with Gasteiger partial charge in [-0.1, -0.05) is 15.9 Å². The smallest absolute Gasteiger partial charge is 0.264 e. The molecule has 7 heteroatoms. The van der Waals surface area contributed by atoms with Crippen LogP contribution in [-0.2, 0) is 16.6 Å². The summed E-state index contributed by atoms with van der Waals surface area (Å²) in [5.74, 6) is 0. The Balaban J connectivity index is 1.89. The number of halogens is 1. The molecule has 4 rings (SSSR count). The highest BCUT2D eigenvalue weighted by Crippen LogP contribution is 2.33. The van der Waals surface area contributed by atoms with Crippen LogP contribution in [0.15, 0.2) is 70.3 Å². The minimum atomic E-state index is -3.65. The summed E-state index contributed by atoms with van der Waals surface area (Å²) >= 11 is 3.35. The number of pyridine rings is 1. The second-order valence-electron chi connectivity index (χ2n) is 6.46. The van der Waals surface area contributed by atoms with E-state index in [4.69, 9.17) is 0 Å². The van der Waals surface area contributed by atoms with Crippen molar-refractivity contribution in [1.82, 2.24) is 9.55 Å². The van der Waals surface area contributed by atoms with Crippen molar-refractivity contribution >= 4 is 53.4 Å². The third-order valence-electron chi connectivity index (χ3n) is 4.94. The molecule has 0 fully saturated rings. The van der Waals surface area contributed by atoms with E-state index in [1.165, 1.54) is 4.31 Å². The topological polar surface area (TPSA) is 55.2 Å². The maximum absolute atomic E-state index is 13.2. The van der Waals surface area contributed by atoms with Crippen LogP contribution in [0.5, 0.6) is 0 Å². The number of hydrogen-bond acceptors (Lipinski definition) is 3. The van der Waals surface area contributed by atoms with Crippen LogP contribution in [0, 0.1) is 0 Å². The molecular weight excluding hydrogens is 438 g/mol. The van der Waals surface area contributed by atoms with Gasteiger partial charge in [-0.05, 0) is 62.4 Å². The highest BCUT2D eigenvalue weighted by Gasteiger charge is 2.24. The molecule has 0 spiro atoms. The van der Waals surface area contributed by atoms with Gasteiger partial charge in [-0.3, -0.25) is 9.29 Å². The zero-order chi connectivity index (χ0) is 19.9. The van der Waals surface area contributed by atoms with Gasteiger partial charge >= 0.3 is 0 Å². The molecule has 0 aliphatic rings. The zero-order valence-corrected chi connectivity index (χ0v) is 18.0. The summed E-state index contributed by atoms with van der Waals surface area (Å²) in [7, 11) is -3.65. The lowest BCUT2D eigenvalue weighted by molar-refractivity contribution is 0.592. The Morgan fingerprint density at radius 1 is 1.00 bits per heavy atom. The molecule has 0 bridgehead atoms. The molecule has 0 amide bonds. The minimum Gasteiger partial charge on any atom is -0.341 e. The van der Waals surface area contributed by atoms with Crippen molar-refractivity contribution in [2.75, 3.05) is 10.8 Å². The van der Waals surface area contributed by atoms with Crippen molar-refractivity contribution in [3.63, 3.8) is 0 Å². The molecule has 0 aliphatic heterocycles. The van der Waals surface area contributed by atoms with Crippen molar-refractivity contribution < 1.29 is 8.42 Å². The number of benzene rings is 2. The van der Waals surface area contributed by atoms with Gasteiger partial charge in [-0.25, -0.2) is 8.42 Å². The van der Waals surface area contributed by atoms with Crippen molar-refractivity contribution in [3.8, 4) is 0 Å². The van der Waals surface area contributed by atoms with E-state index >= 15 is 0 Å². The molecule has 2 aromatic carbocycles. The lowest BCUT2D eigenvalue weighted by atomic mass is 10.2. The molecule has 0 unspecified atom stereocenters. The van der Waals surface area contributed by atoms with Gasteiger partial charge in [0.25, 0.3) is 10.0 Å². The number of fused-ring (bicyclic) bond motifs is 3. The van der Waals surface area contributed by atoms with Crippen LogP contribution in [0.2, 0.25) is 0 Å². The number of sulfonamides is 1. The summed E-state index contributed by atoms with van der Waals surface area (Å²) in [5, 5.41) is 2.03. The average molecular weight is 458 g/mol. The predicted octanol–water partition coefficient (Wildman–Crippen LogP) is 5.19. The SMILES string of the molecule is CCN(c1ccc2c(c1)c1cnccc1n2CC)S(=O)(=O)c1ccc(Br)cc1. The van der Waals surface area contributed by atoms with Gasteiger partial charge in [0.15, 0.2) is 0 Å².